The first-order chi connectivity index (χ1) is 18.3. The number of hydrogen-bond acceptors (Lipinski definition) is 7. The van der Waals surface area contributed by atoms with Gasteiger partial charge in [-0.1, -0.05) is 48.2 Å². The van der Waals surface area contributed by atoms with Gasteiger partial charge < -0.3 is 9.47 Å². The molecule has 198 valence electrons. The van der Waals surface area contributed by atoms with Crippen molar-refractivity contribution in [3.05, 3.63) is 59.7 Å². The maximum Gasteiger partial charge on any atom is 0.416 e. The molecule has 0 amide bonds. The van der Waals surface area contributed by atoms with E-state index in [9.17, 15) is 13.2 Å². The number of aromatic nitrogens is 7. The summed E-state index contributed by atoms with van der Waals surface area (Å²) in [4.78, 5) is 2.50. The Morgan fingerprint density at radius 3 is 2.50 bits per heavy atom. The normalized spacial score (nSPS) is 21.4. The third-order valence-electron chi connectivity index (χ3n) is 7.73. The molecule has 38 heavy (non-hydrogen) atoms. The number of rotatable bonds is 8. The molecule has 1 aliphatic carbocycles. The molecule has 2 aliphatic rings. The summed E-state index contributed by atoms with van der Waals surface area (Å²) in [5.41, 5.74) is 2.55. The van der Waals surface area contributed by atoms with E-state index >= 15 is 0 Å². The number of benzene rings is 2. The third-order valence-corrected chi connectivity index (χ3v) is 8.83. The second-order valence-corrected chi connectivity index (χ2v) is 11.2. The minimum absolute atomic E-state index is 0.241. The van der Waals surface area contributed by atoms with Crippen LogP contribution < -0.4 is 0 Å². The van der Waals surface area contributed by atoms with Gasteiger partial charge in [0.1, 0.15) is 0 Å². The van der Waals surface area contributed by atoms with Crippen LogP contribution in [0.1, 0.15) is 36.3 Å². The summed E-state index contributed by atoms with van der Waals surface area (Å²) < 4.78 is 40.6. The summed E-state index contributed by atoms with van der Waals surface area (Å²) in [6.45, 7) is 3.09. The van der Waals surface area contributed by atoms with Crippen LogP contribution in [0.5, 0.6) is 0 Å². The minimum atomic E-state index is -4.28. The number of alkyl halides is 3. The van der Waals surface area contributed by atoms with Crippen LogP contribution in [0.2, 0.25) is 0 Å². The molecule has 1 N–H and O–H groups in total. The number of likely N-dealkylation sites (tertiary alicyclic amines) is 1. The molecule has 1 aliphatic heterocycles. The van der Waals surface area contributed by atoms with Crippen molar-refractivity contribution in [2.45, 2.75) is 36.5 Å². The highest BCUT2D eigenvalue weighted by molar-refractivity contribution is 7.99. The van der Waals surface area contributed by atoms with Crippen LogP contribution in [0, 0.1) is 5.41 Å². The van der Waals surface area contributed by atoms with Crippen molar-refractivity contribution < 1.29 is 13.2 Å². The summed E-state index contributed by atoms with van der Waals surface area (Å²) >= 11 is 1.70. The van der Waals surface area contributed by atoms with Gasteiger partial charge in [-0.3, -0.25) is 0 Å². The van der Waals surface area contributed by atoms with Gasteiger partial charge in [0.15, 0.2) is 11.0 Å². The Balaban J connectivity index is 0.976. The molecule has 0 unspecified atom stereocenters. The molecule has 2 aromatic carbocycles. The lowest BCUT2D eigenvalue weighted by molar-refractivity contribution is -0.137. The Morgan fingerprint density at radius 2 is 1.79 bits per heavy atom. The molecule has 12 heteroatoms. The minimum Gasteiger partial charge on any atom is -0.305 e. The monoisotopic (exact) mass is 540 g/mol. The van der Waals surface area contributed by atoms with E-state index in [1.54, 1.807) is 23.9 Å². The highest BCUT2D eigenvalue weighted by Gasteiger charge is 2.57. The van der Waals surface area contributed by atoms with Gasteiger partial charge in [-0.15, -0.1) is 20.4 Å². The van der Waals surface area contributed by atoms with Crippen molar-refractivity contribution in [2.75, 3.05) is 25.4 Å². The summed E-state index contributed by atoms with van der Waals surface area (Å²) in [5.74, 6) is 2.67. The molecule has 3 heterocycles. The van der Waals surface area contributed by atoms with Gasteiger partial charge in [0.2, 0.25) is 5.82 Å². The zero-order valence-electron chi connectivity index (χ0n) is 20.8. The second kappa shape index (κ2) is 9.81. The first-order valence-corrected chi connectivity index (χ1v) is 13.6. The standard InChI is InChI=1S/C26H27F3N8S/c1-36-23(19-5-3-18(4-6-19)22-30-34-35-31-22)32-33-24(36)38-14-2-12-37-13-11-25(16-37)15-21(25)17-7-9-20(10-8-17)26(27,28)29/h3-10,21H,2,11-16H2,1H3,(H,30,31,34,35)/t21-,25+/m1/s1. The van der Waals surface area contributed by atoms with E-state index < -0.39 is 11.7 Å². The summed E-state index contributed by atoms with van der Waals surface area (Å²) in [6, 6.07) is 13.6. The van der Waals surface area contributed by atoms with E-state index in [0.29, 0.717) is 11.7 Å². The van der Waals surface area contributed by atoms with Gasteiger partial charge in [-0.25, -0.2) is 0 Å². The summed E-state index contributed by atoms with van der Waals surface area (Å²) in [5, 5.41) is 23.7. The number of thioether (sulfide) groups is 1. The Morgan fingerprint density at radius 1 is 1.03 bits per heavy atom. The van der Waals surface area contributed by atoms with Crippen molar-refractivity contribution in [3.63, 3.8) is 0 Å². The van der Waals surface area contributed by atoms with Crippen LogP contribution in [0.25, 0.3) is 22.8 Å². The van der Waals surface area contributed by atoms with E-state index in [2.05, 4.69) is 35.7 Å². The molecule has 2 fully saturated rings. The number of hydrogen-bond donors (Lipinski definition) is 1. The molecule has 1 saturated heterocycles. The Labute approximate surface area is 222 Å². The zero-order valence-corrected chi connectivity index (χ0v) is 21.6. The van der Waals surface area contributed by atoms with Crippen LogP contribution >= 0.6 is 11.8 Å². The van der Waals surface area contributed by atoms with Gasteiger partial charge in [-0.05, 0) is 66.6 Å². The zero-order chi connectivity index (χ0) is 26.3. The fourth-order valence-corrected chi connectivity index (χ4v) is 6.38. The van der Waals surface area contributed by atoms with Gasteiger partial charge >= 0.3 is 6.18 Å². The second-order valence-electron chi connectivity index (χ2n) is 10.1. The number of aromatic amines is 1. The average molecular weight is 541 g/mol. The van der Waals surface area contributed by atoms with Crippen LogP contribution in [0.4, 0.5) is 13.2 Å². The Kier molecular flexibility index (Phi) is 6.47. The highest BCUT2D eigenvalue weighted by Crippen LogP contribution is 2.64. The molecule has 1 saturated carbocycles. The predicted molar refractivity (Wildman–Crippen MR) is 137 cm³/mol. The molecule has 0 radical (unpaired) electrons. The molecular formula is C26H27F3N8S. The molecule has 6 rings (SSSR count). The van der Waals surface area contributed by atoms with E-state index in [1.807, 2.05) is 35.9 Å². The number of nitrogens with one attached hydrogen (secondary N) is 1. The molecule has 0 bridgehead atoms. The largest absolute Gasteiger partial charge is 0.416 e. The molecular weight excluding hydrogens is 513 g/mol. The molecule has 2 aromatic heterocycles. The van der Waals surface area contributed by atoms with Crippen molar-refractivity contribution in [2.24, 2.45) is 12.5 Å². The van der Waals surface area contributed by atoms with Crippen LogP contribution in [0.3, 0.4) is 0 Å². The molecule has 2 atom stereocenters. The fraction of sp³-hybridized carbons (Fsp3) is 0.423. The SMILES string of the molecule is Cn1c(SCCCN2CC[C@]3(C[C@@H]3c3ccc(C(F)(F)F)cc3)C2)nnc1-c1ccc(-c2nn[nH]n2)cc1. The molecule has 8 nitrogen and oxygen atoms in total. The third kappa shape index (κ3) is 4.94. The van der Waals surface area contributed by atoms with E-state index in [-0.39, 0.29) is 5.41 Å². The number of nitrogens with zero attached hydrogens (tertiary/aromatic N) is 7. The number of halogens is 3. The van der Waals surface area contributed by atoms with Crippen molar-refractivity contribution in [1.82, 2.24) is 40.3 Å². The van der Waals surface area contributed by atoms with E-state index in [4.69, 9.17) is 0 Å². The lowest BCUT2D eigenvalue weighted by Gasteiger charge is -2.16. The van der Waals surface area contributed by atoms with Gasteiger partial charge in [-0.2, -0.15) is 18.4 Å². The van der Waals surface area contributed by atoms with Crippen molar-refractivity contribution in [1.29, 1.82) is 0 Å². The first kappa shape index (κ1) is 25.1. The summed E-state index contributed by atoms with van der Waals surface area (Å²) in [7, 11) is 1.98. The van der Waals surface area contributed by atoms with Gasteiger partial charge in [0, 0.05) is 30.5 Å². The lowest BCUT2D eigenvalue weighted by Crippen LogP contribution is -2.23. The van der Waals surface area contributed by atoms with Crippen molar-refractivity contribution >= 4 is 11.8 Å². The van der Waals surface area contributed by atoms with Crippen LogP contribution in [0.15, 0.2) is 53.7 Å². The summed E-state index contributed by atoms with van der Waals surface area (Å²) in [6.07, 6.45) is -1.06. The van der Waals surface area contributed by atoms with Crippen LogP contribution in [-0.2, 0) is 13.2 Å². The average Bonchev–Trinajstić information content (AvgIpc) is 3.29. The lowest BCUT2D eigenvalue weighted by atomic mass is 9.97. The number of H-pyrrole nitrogens is 1. The van der Waals surface area contributed by atoms with Gasteiger partial charge in [0.05, 0.1) is 5.56 Å². The van der Waals surface area contributed by atoms with E-state index in [0.717, 1.165) is 72.3 Å². The highest BCUT2D eigenvalue weighted by atomic mass is 32.2. The van der Waals surface area contributed by atoms with Crippen molar-refractivity contribution in [3.8, 4) is 22.8 Å². The Hall–Kier alpha value is -3.25. The maximum absolute atomic E-state index is 12.9. The molecule has 1 spiro atoms. The van der Waals surface area contributed by atoms with Crippen LogP contribution in [-0.4, -0.2) is 65.7 Å². The smallest absolute Gasteiger partial charge is 0.305 e. The number of tetrazole rings is 1. The first-order valence-electron chi connectivity index (χ1n) is 12.6. The van der Waals surface area contributed by atoms with Gasteiger partial charge in [0.25, 0.3) is 0 Å². The fourth-order valence-electron chi connectivity index (χ4n) is 5.55. The molecule has 4 aromatic rings. The maximum atomic E-state index is 12.9. The predicted octanol–water partition coefficient (Wildman–Crippen LogP) is 5.04. The quantitative estimate of drug-likeness (QED) is 0.247. The topological polar surface area (TPSA) is 88.4 Å². The Bertz CT molecular complexity index is 1390. The van der Waals surface area contributed by atoms with E-state index in [1.165, 1.54) is 12.1 Å².